The largest absolute Gasteiger partial charge is 0.462 e. The van der Waals surface area contributed by atoms with E-state index in [0.29, 0.717) is 19.3 Å². The molecular formula is C61H114O6. The van der Waals surface area contributed by atoms with Gasteiger partial charge in [-0.1, -0.05) is 283 Å². The first kappa shape index (κ1) is 64.9. The second-order valence-electron chi connectivity index (χ2n) is 20.3. The Hall–Kier alpha value is -2.11. The molecule has 0 spiro atoms. The van der Waals surface area contributed by atoms with Crippen LogP contribution in [-0.2, 0) is 28.6 Å². The average molecular weight is 944 g/mol. The molecule has 6 nitrogen and oxygen atoms in total. The Morgan fingerprint density at radius 3 is 0.851 bits per heavy atom. The molecule has 6 heteroatoms. The molecule has 0 rings (SSSR count). The SMILES string of the molecule is CCCCC/C=C\C/C=C\CCCCCCCC(=O)OC(COC(=O)CCCCCCCCCCCCCCCCC)COC(=O)CCCCCCCCCCCCCCCCCCCCC. The maximum Gasteiger partial charge on any atom is 0.306 e. The number of carbonyl (C=O) groups is 3. The Bertz CT molecular complexity index is 1080. The fourth-order valence-electron chi connectivity index (χ4n) is 8.95. The van der Waals surface area contributed by atoms with Crippen molar-refractivity contribution in [3.8, 4) is 0 Å². The summed E-state index contributed by atoms with van der Waals surface area (Å²) in [4.78, 5) is 38.2. The first-order chi connectivity index (χ1) is 33.0. The molecule has 1 atom stereocenters. The van der Waals surface area contributed by atoms with Crippen LogP contribution in [-0.4, -0.2) is 37.2 Å². The molecule has 0 saturated carbocycles. The van der Waals surface area contributed by atoms with Crippen LogP contribution in [0.2, 0.25) is 0 Å². The van der Waals surface area contributed by atoms with Crippen LogP contribution in [0.3, 0.4) is 0 Å². The van der Waals surface area contributed by atoms with Gasteiger partial charge in [0.2, 0.25) is 0 Å². The van der Waals surface area contributed by atoms with Crippen LogP contribution >= 0.6 is 0 Å². The summed E-state index contributed by atoms with van der Waals surface area (Å²) in [5.74, 6) is -0.861. The Morgan fingerprint density at radius 1 is 0.299 bits per heavy atom. The van der Waals surface area contributed by atoms with Gasteiger partial charge < -0.3 is 14.2 Å². The lowest BCUT2D eigenvalue weighted by Crippen LogP contribution is -2.30. The van der Waals surface area contributed by atoms with E-state index in [1.807, 2.05) is 0 Å². The molecule has 1 unspecified atom stereocenters. The van der Waals surface area contributed by atoms with Crippen LogP contribution in [0.25, 0.3) is 0 Å². The second kappa shape index (κ2) is 56.5. The van der Waals surface area contributed by atoms with Crippen molar-refractivity contribution in [2.24, 2.45) is 0 Å². The van der Waals surface area contributed by atoms with E-state index in [2.05, 4.69) is 45.1 Å². The van der Waals surface area contributed by atoms with Gasteiger partial charge in [-0.2, -0.15) is 0 Å². The molecule has 0 bridgehead atoms. The Labute approximate surface area is 417 Å². The van der Waals surface area contributed by atoms with Crippen molar-refractivity contribution in [2.45, 2.75) is 335 Å². The van der Waals surface area contributed by atoms with Gasteiger partial charge in [0.1, 0.15) is 13.2 Å². The van der Waals surface area contributed by atoms with Gasteiger partial charge in [0.05, 0.1) is 0 Å². The molecule has 67 heavy (non-hydrogen) atoms. The van der Waals surface area contributed by atoms with Gasteiger partial charge >= 0.3 is 17.9 Å². The monoisotopic (exact) mass is 943 g/mol. The van der Waals surface area contributed by atoms with Crippen molar-refractivity contribution in [3.05, 3.63) is 24.3 Å². The number of rotatable bonds is 55. The molecule has 0 aliphatic heterocycles. The number of allylic oxidation sites excluding steroid dienone is 4. The van der Waals surface area contributed by atoms with Crippen LogP contribution in [0.5, 0.6) is 0 Å². The number of hydrogen-bond acceptors (Lipinski definition) is 6. The summed E-state index contributed by atoms with van der Waals surface area (Å²) in [7, 11) is 0. The quantitative estimate of drug-likeness (QED) is 0.0262. The summed E-state index contributed by atoms with van der Waals surface area (Å²) >= 11 is 0. The molecule has 0 aromatic heterocycles. The molecular weight excluding hydrogens is 829 g/mol. The molecule has 0 aliphatic rings. The number of carbonyl (C=O) groups excluding carboxylic acids is 3. The van der Waals surface area contributed by atoms with E-state index < -0.39 is 6.10 Å². The van der Waals surface area contributed by atoms with Gasteiger partial charge in [-0.15, -0.1) is 0 Å². The van der Waals surface area contributed by atoms with Crippen molar-refractivity contribution in [1.29, 1.82) is 0 Å². The third-order valence-electron chi connectivity index (χ3n) is 13.5. The maximum absolute atomic E-state index is 12.8. The molecule has 0 saturated heterocycles. The number of esters is 3. The third-order valence-corrected chi connectivity index (χ3v) is 13.5. The highest BCUT2D eigenvalue weighted by atomic mass is 16.6. The van der Waals surface area contributed by atoms with E-state index in [-0.39, 0.29) is 31.1 Å². The fourth-order valence-corrected chi connectivity index (χ4v) is 8.95. The fraction of sp³-hybridized carbons (Fsp3) is 0.885. The highest BCUT2D eigenvalue weighted by Crippen LogP contribution is 2.17. The molecule has 0 aromatic rings. The lowest BCUT2D eigenvalue weighted by Gasteiger charge is -2.18. The van der Waals surface area contributed by atoms with Crippen molar-refractivity contribution >= 4 is 17.9 Å². The standard InChI is InChI=1S/C61H114O6/c1-4-7-10-13-16-19-22-25-28-29-30-31-34-36-39-42-45-48-51-54-60(63)66-57-58(67-61(64)55-52-49-46-43-40-37-33-27-24-21-18-15-12-9-6-3)56-65-59(62)53-50-47-44-41-38-35-32-26-23-20-17-14-11-8-5-2/h18,21,27,33,58H,4-17,19-20,22-26,28-32,34-57H2,1-3H3/b21-18-,33-27-. The predicted molar refractivity (Wildman–Crippen MR) is 289 cm³/mol. The van der Waals surface area contributed by atoms with Crippen molar-refractivity contribution in [2.75, 3.05) is 13.2 Å². The van der Waals surface area contributed by atoms with E-state index in [4.69, 9.17) is 14.2 Å². The van der Waals surface area contributed by atoms with Crippen LogP contribution in [0.4, 0.5) is 0 Å². The number of ether oxygens (including phenoxy) is 3. The van der Waals surface area contributed by atoms with Crippen LogP contribution in [0.1, 0.15) is 329 Å². The maximum atomic E-state index is 12.8. The smallest absolute Gasteiger partial charge is 0.306 e. The molecule has 0 aliphatic carbocycles. The summed E-state index contributed by atoms with van der Waals surface area (Å²) in [6.45, 7) is 6.66. The minimum Gasteiger partial charge on any atom is -0.462 e. The summed E-state index contributed by atoms with van der Waals surface area (Å²) in [6.07, 6.45) is 66.0. The zero-order valence-electron chi connectivity index (χ0n) is 45.2. The summed E-state index contributed by atoms with van der Waals surface area (Å²) < 4.78 is 16.9. The molecule has 0 amide bonds. The van der Waals surface area contributed by atoms with Gasteiger partial charge in [-0.3, -0.25) is 14.4 Å². The first-order valence-corrected chi connectivity index (χ1v) is 29.8. The lowest BCUT2D eigenvalue weighted by molar-refractivity contribution is -0.167. The zero-order valence-corrected chi connectivity index (χ0v) is 45.2. The molecule has 0 heterocycles. The van der Waals surface area contributed by atoms with Crippen LogP contribution in [0, 0.1) is 0 Å². The van der Waals surface area contributed by atoms with E-state index in [1.165, 1.54) is 212 Å². The second-order valence-corrected chi connectivity index (χ2v) is 20.3. The van der Waals surface area contributed by atoms with E-state index >= 15 is 0 Å². The highest BCUT2D eigenvalue weighted by molar-refractivity contribution is 5.71. The van der Waals surface area contributed by atoms with E-state index in [1.54, 1.807) is 0 Å². The van der Waals surface area contributed by atoms with Crippen LogP contribution in [0.15, 0.2) is 24.3 Å². The van der Waals surface area contributed by atoms with Gasteiger partial charge in [-0.05, 0) is 51.4 Å². The third kappa shape index (κ3) is 54.7. The normalized spacial score (nSPS) is 12.1. The lowest BCUT2D eigenvalue weighted by atomic mass is 10.0. The van der Waals surface area contributed by atoms with Gasteiger partial charge in [0, 0.05) is 19.3 Å². The van der Waals surface area contributed by atoms with Crippen molar-refractivity contribution < 1.29 is 28.6 Å². The number of unbranched alkanes of at least 4 members (excludes halogenated alkanes) is 40. The topological polar surface area (TPSA) is 78.9 Å². The summed E-state index contributed by atoms with van der Waals surface area (Å²) in [5.41, 5.74) is 0. The summed E-state index contributed by atoms with van der Waals surface area (Å²) in [5, 5.41) is 0. The minimum absolute atomic E-state index is 0.0713. The molecule has 394 valence electrons. The predicted octanol–water partition coefficient (Wildman–Crippen LogP) is 19.9. The first-order valence-electron chi connectivity index (χ1n) is 29.8. The Morgan fingerprint density at radius 2 is 0.537 bits per heavy atom. The minimum atomic E-state index is -0.774. The van der Waals surface area contributed by atoms with Gasteiger partial charge in [-0.25, -0.2) is 0 Å². The molecule has 0 N–H and O–H groups in total. The summed E-state index contributed by atoms with van der Waals surface area (Å²) in [6, 6.07) is 0. The van der Waals surface area contributed by atoms with Crippen molar-refractivity contribution in [3.63, 3.8) is 0 Å². The van der Waals surface area contributed by atoms with Crippen molar-refractivity contribution in [1.82, 2.24) is 0 Å². The van der Waals surface area contributed by atoms with E-state index in [9.17, 15) is 14.4 Å². The van der Waals surface area contributed by atoms with Crippen LogP contribution < -0.4 is 0 Å². The zero-order chi connectivity index (χ0) is 48.6. The average Bonchev–Trinajstić information content (AvgIpc) is 3.33. The highest BCUT2D eigenvalue weighted by Gasteiger charge is 2.19. The number of hydrogen-bond donors (Lipinski definition) is 0. The Balaban J connectivity index is 4.31. The van der Waals surface area contributed by atoms with Gasteiger partial charge in [0.15, 0.2) is 6.10 Å². The van der Waals surface area contributed by atoms with E-state index in [0.717, 1.165) is 77.0 Å². The Kier molecular flexibility index (Phi) is 54.7. The molecule has 0 fully saturated rings. The molecule has 0 aromatic carbocycles. The molecule has 0 radical (unpaired) electrons. The van der Waals surface area contributed by atoms with Gasteiger partial charge in [0.25, 0.3) is 0 Å².